The molecular formula is C28H26ClF3N4O3. The Kier molecular flexibility index (Phi) is 7.70. The van der Waals surface area contributed by atoms with Crippen molar-refractivity contribution in [3.63, 3.8) is 0 Å². The van der Waals surface area contributed by atoms with Gasteiger partial charge in [0.15, 0.2) is 0 Å². The topological polar surface area (TPSA) is 100 Å². The number of aromatic nitrogens is 1. The normalized spacial score (nSPS) is 18.2. The van der Waals surface area contributed by atoms with Gasteiger partial charge in [0.1, 0.15) is 11.4 Å². The molecule has 0 spiro atoms. The Morgan fingerprint density at radius 2 is 1.67 bits per heavy atom. The number of hydrogen-bond acceptors (Lipinski definition) is 6. The van der Waals surface area contributed by atoms with Gasteiger partial charge in [-0.25, -0.2) is 0 Å². The lowest BCUT2D eigenvalue weighted by atomic mass is 9.67. The molecule has 2 aromatic carbocycles. The molecule has 3 aromatic rings. The monoisotopic (exact) mass is 558 g/mol. The van der Waals surface area contributed by atoms with Crippen LogP contribution >= 0.6 is 11.6 Å². The number of pyridine rings is 1. The molecule has 7 nitrogen and oxygen atoms in total. The maximum Gasteiger partial charge on any atom is 0.417 e. The van der Waals surface area contributed by atoms with Crippen LogP contribution in [0.25, 0.3) is 0 Å². The van der Waals surface area contributed by atoms with Gasteiger partial charge in [0.2, 0.25) is 0 Å². The summed E-state index contributed by atoms with van der Waals surface area (Å²) in [7, 11) is 0. The molecule has 1 heterocycles. The van der Waals surface area contributed by atoms with Crippen LogP contribution in [0.4, 0.5) is 30.2 Å². The van der Waals surface area contributed by atoms with Crippen molar-refractivity contribution < 1.29 is 18.0 Å². The number of amides is 1. The van der Waals surface area contributed by atoms with Gasteiger partial charge in [0.05, 0.1) is 23.0 Å². The van der Waals surface area contributed by atoms with Crippen molar-refractivity contribution in [2.75, 3.05) is 17.2 Å². The third kappa shape index (κ3) is 5.90. The van der Waals surface area contributed by atoms with E-state index in [2.05, 4.69) is 20.9 Å². The van der Waals surface area contributed by atoms with Crippen LogP contribution < -0.4 is 26.8 Å². The van der Waals surface area contributed by atoms with Gasteiger partial charge >= 0.3 is 6.18 Å². The van der Waals surface area contributed by atoms with Gasteiger partial charge < -0.3 is 16.0 Å². The largest absolute Gasteiger partial charge is 0.417 e. The van der Waals surface area contributed by atoms with E-state index >= 15 is 0 Å². The lowest BCUT2D eigenvalue weighted by Gasteiger charge is -2.46. The molecule has 3 N–H and O–H groups in total. The number of nitrogens with one attached hydrogen (secondary N) is 3. The zero-order chi connectivity index (χ0) is 28.4. The number of rotatable bonds is 9. The van der Waals surface area contributed by atoms with E-state index in [9.17, 15) is 27.6 Å². The Morgan fingerprint density at radius 1 is 1.00 bits per heavy atom. The van der Waals surface area contributed by atoms with Crippen LogP contribution in [-0.4, -0.2) is 23.0 Å². The zero-order valence-corrected chi connectivity index (χ0v) is 21.9. The lowest BCUT2D eigenvalue weighted by Crippen LogP contribution is -2.53. The summed E-state index contributed by atoms with van der Waals surface area (Å²) in [5.41, 5.74) is -3.71. The van der Waals surface area contributed by atoms with Crippen molar-refractivity contribution >= 4 is 34.6 Å². The molecule has 0 saturated heterocycles. The minimum atomic E-state index is -4.62. The van der Waals surface area contributed by atoms with E-state index in [1.165, 1.54) is 0 Å². The number of halogens is 4. The SMILES string of the molecule is CC1(C)C=CC=CC1(CCCNC(=O)c1ccc(Cl)cc1)Nc1c(Nc2cncc(C(F)(F)F)c2)c(=O)c1=O. The molecule has 0 saturated carbocycles. The summed E-state index contributed by atoms with van der Waals surface area (Å²) in [4.78, 5) is 41.1. The number of allylic oxidation sites excluding steroid dienone is 2. The maximum absolute atomic E-state index is 13.1. The number of carbonyl (C=O) groups excluding carboxylic acids is 1. The van der Waals surface area contributed by atoms with Gasteiger partial charge in [-0.05, 0) is 43.2 Å². The Bertz CT molecular complexity index is 1510. The molecule has 1 atom stereocenters. The highest BCUT2D eigenvalue weighted by molar-refractivity contribution is 6.30. The average molecular weight is 559 g/mol. The van der Waals surface area contributed by atoms with E-state index in [1.54, 1.807) is 24.3 Å². The van der Waals surface area contributed by atoms with E-state index in [1.807, 2.05) is 38.2 Å². The first kappa shape index (κ1) is 28.1. The van der Waals surface area contributed by atoms with E-state index < -0.39 is 33.6 Å². The third-order valence-corrected chi connectivity index (χ3v) is 7.14. The first-order chi connectivity index (χ1) is 18.3. The highest BCUT2D eigenvalue weighted by atomic mass is 35.5. The van der Waals surface area contributed by atoms with Crippen LogP contribution in [-0.2, 0) is 6.18 Å². The van der Waals surface area contributed by atoms with Gasteiger partial charge in [-0.2, -0.15) is 13.2 Å². The second-order valence-corrected chi connectivity index (χ2v) is 10.3. The summed E-state index contributed by atoms with van der Waals surface area (Å²) in [5.74, 6) is -0.254. The molecular weight excluding hydrogens is 533 g/mol. The molecule has 0 aliphatic heterocycles. The number of nitrogens with zero attached hydrogens (tertiary/aromatic N) is 1. The van der Waals surface area contributed by atoms with Crippen molar-refractivity contribution in [2.45, 2.75) is 38.4 Å². The molecule has 39 heavy (non-hydrogen) atoms. The van der Waals surface area contributed by atoms with E-state index in [0.29, 0.717) is 36.2 Å². The fourth-order valence-corrected chi connectivity index (χ4v) is 4.61. The summed E-state index contributed by atoms with van der Waals surface area (Å²) >= 11 is 5.88. The first-order valence-electron chi connectivity index (χ1n) is 12.1. The summed E-state index contributed by atoms with van der Waals surface area (Å²) in [6.07, 6.45) is 5.72. The van der Waals surface area contributed by atoms with E-state index in [0.717, 1.165) is 12.3 Å². The average Bonchev–Trinajstić information content (AvgIpc) is 2.89. The number of benzene rings is 1. The van der Waals surface area contributed by atoms with Crippen molar-refractivity contribution in [3.05, 3.63) is 104 Å². The predicted octanol–water partition coefficient (Wildman–Crippen LogP) is 5.61. The summed E-state index contributed by atoms with van der Waals surface area (Å²) < 4.78 is 39.3. The van der Waals surface area contributed by atoms with E-state index in [4.69, 9.17) is 11.6 Å². The minimum absolute atomic E-state index is 0.0179. The fourth-order valence-electron chi connectivity index (χ4n) is 4.48. The van der Waals surface area contributed by atoms with Crippen LogP contribution in [0, 0.1) is 5.41 Å². The number of carbonyl (C=O) groups is 1. The zero-order valence-electron chi connectivity index (χ0n) is 21.2. The number of anilines is 3. The second-order valence-electron chi connectivity index (χ2n) is 9.90. The minimum Gasteiger partial charge on any atom is -0.370 e. The smallest absolute Gasteiger partial charge is 0.370 e. The highest BCUT2D eigenvalue weighted by Crippen LogP contribution is 2.43. The standard InChI is InChI=1S/C28H26ClF3N4O3/c1-26(2)10-3-4-11-27(26,12-5-13-34-25(39)17-6-8-19(29)9-7-17)36-22-21(23(37)24(22)38)35-20-14-18(15-33-16-20)28(30,31)32/h3-4,6-11,14-16,35-36H,5,12-13H2,1-2H3,(H,34,39). The Balaban J connectivity index is 1.52. The lowest BCUT2D eigenvalue weighted by molar-refractivity contribution is -0.137. The Labute approximate surface area is 227 Å². The maximum atomic E-state index is 13.1. The molecule has 0 bridgehead atoms. The van der Waals surface area contributed by atoms with Gasteiger partial charge in [-0.3, -0.25) is 19.4 Å². The predicted molar refractivity (Wildman–Crippen MR) is 145 cm³/mol. The van der Waals surface area contributed by atoms with Crippen molar-refractivity contribution in [3.8, 4) is 0 Å². The first-order valence-corrected chi connectivity index (χ1v) is 12.5. The molecule has 1 unspecified atom stereocenters. The summed E-state index contributed by atoms with van der Waals surface area (Å²) in [6.45, 7) is 4.26. The van der Waals surface area contributed by atoms with Crippen LogP contribution in [0.3, 0.4) is 0 Å². The van der Waals surface area contributed by atoms with Crippen LogP contribution in [0.2, 0.25) is 5.02 Å². The van der Waals surface area contributed by atoms with Gasteiger partial charge in [0, 0.05) is 28.7 Å². The van der Waals surface area contributed by atoms with Gasteiger partial charge in [0.25, 0.3) is 16.8 Å². The van der Waals surface area contributed by atoms with Crippen LogP contribution in [0.1, 0.15) is 42.6 Å². The number of alkyl halides is 3. The van der Waals surface area contributed by atoms with Crippen molar-refractivity contribution in [1.29, 1.82) is 0 Å². The quantitative estimate of drug-likeness (QED) is 0.233. The van der Waals surface area contributed by atoms with Crippen LogP contribution in [0.15, 0.2) is 76.6 Å². The van der Waals surface area contributed by atoms with Gasteiger partial charge in [-0.1, -0.05) is 49.8 Å². The molecule has 1 aromatic heterocycles. The number of hydrogen-bond donors (Lipinski definition) is 3. The van der Waals surface area contributed by atoms with Crippen molar-refractivity contribution in [2.24, 2.45) is 5.41 Å². The summed E-state index contributed by atoms with van der Waals surface area (Å²) in [5, 5.41) is 9.24. The van der Waals surface area contributed by atoms with Crippen molar-refractivity contribution in [1.82, 2.24) is 10.3 Å². The molecule has 0 radical (unpaired) electrons. The molecule has 1 aliphatic rings. The molecule has 11 heteroatoms. The van der Waals surface area contributed by atoms with Gasteiger partial charge in [-0.15, -0.1) is 0 Å². The molecule has 204 valence electrons. The molecule has 4 rings (SSSR count). The Hall–Kier alpha value is -3.92. The second kappa shape index (κ2) is 10.7. The van der Waals surface area contributed by atoms with E-state index in [-0.39, 0.29) is 23.0 Å². The molecule has 0 fully saturated rings. The Morgan fingerprint density at radius 3 is 2.33 bits per heavy atom. The summed E-state index contributed by atoms with van der Waals surface area (Å²) in [6, 6.07) is 7.32. The molecule has 1 amide bonds. The highest BCUT2D eigenvalue weighted by Gasteiger charge is 2.44. The fraction of sp³-hybridized carbons (Fsp3) is 0.286. The van der Waals surface area contributed by atoms with Crippen LogP contribution in [0.5, 0.6) is 0 Å². The third-order valence-electron chi connectivity index (χ3n) is 6.89. The molecule has 1 aliphatic carbocycles.